The predicted octanol–water partition coefficient (Wildman–Crippen LogP) is 3.62. The van der Waals surface area contributed by atoms with Crippen LogP contribution in [0.1, 0.15) is 39.1 Å². The highest BCUT2D eigenvalue weighted by Gasteiger charge is 2.36. The lowest BCUT2D eigenvalue weighted by atomic mass is 10.1. The van der Waals surface area contributed by atoms with Gasteiger partial charge in [0, 0.05) is 48.4 Å². The van der Waals surface area contributed by atoms with Gasteiger partial charge in [0.1, 0.15) is 6.04 Å². The van der Waals surface area contributed by atoms with Gasteiger partial charge in [0.15, 0.2) is 0 Å². The summed E-state index contributed by atoms with van der Waals surface area (Å²) >= 11 is 12.1. The van der Waals surface area contributed by atoms with Crippen molar-refractivity contribution in [1.82, 2.24) is 15.1 Å². The monoisotopic (exact) mass is 447 g/mol. The van der Waals surface area contributed by atoms with E-state index in [1.165, 1.54) is 0 Å². The van der Waals surface area contributed by atoms with E-state index in [1.54, 1.807) is 54.2 Å². The van der Waals surface area contributed by atoms with E-state index >= 15 is 0 Å². The number of nitrogens with zero attached hydrogens (tertiary/aromatic N) is 2. The second-order valence-electron chi connectivity index (χ2n) is 7.29. The SMILES string of the molecule is CNC(=O)c1ccc(CN(C)C(=O)C2CCCN2C(=O)c2cc(Cl)cc(Cl)c2)cc1. The Kier molecular flexibility index (Phi) is 7.00. The third kappa shape index (κ3) is 4.94. The highest BCUT2D eigenvalue weighted by molar-refractivity contribution is 6.35. The summed E-state index contributed by atoms with van der Waals surface area (Å²) in [4.78, 5) is 40.9. The minimum atomic E-state index is -0.523. The van der Waals surface area contributed by atoms with Gasteiger partial charge in [0.25, 0.3) is 11.8 Å². The Bertz CT molecular complexity index is 942. The molecule has 3 rings (SSSR count). The molecule has 2 aromatic carbocycles. The number of hydrogen-bond donors (Lipinski definition) is 1. The van der Waals surface area contributed by atoms with Crippen LogP contribution < -0.4 is 5.32 Å². The van der Waals surface area contributed by atoms with Gasteiger partial charge in [-0.1, -0.05) is 35.3 Å². The van der Waals surface area contributed by atoms with Crippen LogP contribution in [0.25, 0.3) is 0 Å². The summed E-state index contributed by atoms with van der Waals surface area (Å²) in [6, 6.07) is 11.3. The lowest BCUT2D eigenvalue weighted by molar-refractivity contribution is -0.134. The van der Waals surface area contributed by atoms with Crippen LogP contribution in [0.15, 0.2) is 42.5 Å². The molecule has 0 aromatic heterocycles. The summed E-state index contributed by atoms with van der Waals surface area (Å²) in [6.45, 7) is 0.891. The molecule has 1 heterocycles. The molecule has 158 valence electrons. The quantitative estimate of drug-likeness (QED) is 0.760. The van der Waals surface area contributed by atoms with Gasteiger partial charge >= 0.3 is 0 Å². The first-order valence-corrected chi connectivity index (χ1v) is 10.4. The summed E-state index contributed by atoms with van der Waals surface area (Å²) in [5, 5.41) is 3.33. The number of nitrogens with one attached hydrogen (secondary N) is 1. The number of likely N-dealkylation sites (N-methyl/N-ethyl adjacent to an activating group) is 1. The van der Waals surface area contributed by atoms with Crippen molar-refractivity contribution < 1.29 is 14.4 Å². The van der Waals surface area contributed by atoms with E-state index in [2.05, 4.69) is 5.32 Å². The van der Waals surface area contributed by atoms with Gasteiger partial charge in [-0.05, 0) is 48.7 Å². The van der Waals surface area contributed by atoms with Crippen molar-refractivity contribution in [2.45, 2.75) is 25.4 Å². The van der Waals surface area contributed by atoms with Crippen molar-refractivity contribution in [3.63, 3.8) is 0 Å². The Morgan fingerprint density at radius 1 is 1.07 bits per heavy atom. The molecule has 1 aliphatic heterocycles. The topological polar surface area (TPSA) is 69.7 Å². The second-order valence-corrected chi connectivity index (χ2v) is 8.16. The summed E-state index contributed by atoms with van der Waals surface area (Å²) in [5.74, 6) is -0.532. The molecule has 1 aliphatic rings. The van der Waals surface area contributed by atoms with Crippen LogP contribution in [0.3, 0.4) is 0 Å². The van der Waals surface area contributed by atoms with Gasteiger partial charge in [0.05, 0.1) is 0 Å². The van der Waals surface area contributed by atoms with Gasteiger partial charge in [-0.15, -0.1) is 0 Å². The number of halogens is 2. The molecule has 0 saturated carbocycles. The van der Waals surface area contributed by atoms with Crippen molar-refractivity contribution >= 4 is 40.9 Å². The number of likely N-dealkylation sites (tertiary alicyclic amines) is 1. The molecule has 0 bridgehead atoms. The van der Waals surface area contributed by atoms with Crippen LogP contribution >= 0.6 is 23.2 Å². The highest BCUT2D eigenvalue weighted by atomic mass is 35.5. The molecule has 0 spiro atoms. The van der Waals surface area contributed by atoms with Gasteiger partial charge in [-0.2, -0.15) is 0 Å². The molecular formula is C22H23Cl2N3O3. The molecule has 1 fully saturated rings. The first kappa shape index (κ1) is 22.1. The number of benzene rings is 2. The normalized spacial score (nSPS) is 15.7. The standard InChI is InChI=1S/C22H23Cl2N3O3/c1-25-20(28)15-7-5-14(6-8-15)13-26(2)22(30)19-4-3-9-27(19)21(29)16-10-17(23)12-18(24)11-16/h5-8,10-12,19H,3-4,9,13H2,1-2H3,(H,25,28). The largest absolute Gasteiger partial charge is 0.355 e. The average Bonchev–Trinajstić information content (AvgIpc) is 3.21. The number of rotatable bonds is 5. The number of carbonyl (C=O) groups excluding carboxylic acids is 3. The average molecular weight is 448 g/mol. The fourth-order valence-corrected chi connectivity index (χ4v) is 4.15. The zero-order valence-corrected chi connectivity index (χ0v) is 18.3. The van der Waals surface area contributed by atoms with Crippen molar-refractivity contribution in [2.24, 2.45) is 0 Å². The molecule has 1 N–H and O–H groups in total. The Morgan fingerprint density at radius 3 is 2.30 bits per heavy atom. The minimum absolute atomic E-state index is 0.121. The van der Waals surface area contributed by atoms with Crippen molar-refractivity contribution in [1.29, 1.82) is 0 Å². The number of hydrogen-bond acceptors (Lipinski definition) is 3. The molecule has 1 saturated heterocycles. The van der Waals surface area contributed by atoms with Crippen LogP contribution in [0.4, 0.5) is 0 Å². The van der Waals surface area contributed by atoms with Crippen molar-refractivity contribution in [2.75, 3.05) is 20.6 Å². The Morgan fingerprint density at radius 2 is 1.70 bits per heavy atom. The van der Waals surface area contributed by atoms with Gasteiger partial charge in [0.2, 0.25) is 5.91 Å². The molecule has 1 atom stereocenters. The maximum Gasteiger partial charge on any atom is 0.254 e. The minimum Gasteiger partial charge on any atom is -0.355 e. The van der Waals surface area contributed by atoms with E-state index in [4.69, 9.17) is 23.2 Å². The van der Waals surface area contributed by atoms with Gasteiger partial charge < -0.3 is 15.1 Å². The Labute approximate surface area is 185 Å². The molecule has 2 aromatic rings. The zero-order valence-electron chi connectivity index (χ0n) is 16.8. The van der Waals surface area contributed by atoms with E-state index in [-0.39, 0.29) is 17.7 Å². The number of carbonyl (C=O) groups is 3. The molecule has 30 heavy (non-hydrogen) atoms. The van der Waals surface area contributed by atoms with Crippen LogP contribution in [0.5, 0.6) is 0 Å². The van der Waals surface area contributed by atoms with E-state index in [9.17, 15) is 14.4 Å². The fourth-order valence-electron chi connectivity index (χ4n) is 3.62. The van der Waals surface area contributed by atoms with E-state index in [0.29, 0.717) is 40.7 Å². The summed E-state index contributed by atoms with van der Waals surface area (Å²) in [7, 11) is 3.29. The summed E-state index contributed by atoms with van der Waals surface area (Å²) in [5.41, 5.74) is 1.83. The molecule has 1 unspecified atom stereocenters. The molecular weight excluding hydrogens is 425 g/mol. The van der Waals surface area contributed by atoms with Crippen molar-refractivity contribution in [3.05, 3.63) is 69.2 Å². The van der Waals surface area contributed by atoms with Crippen LogP contribution in [-0.2, 0) is 11.3 Å². The van der Waals surface area contributed by atoms with Gasteiger partial charge in [-0.25, -0.2) is 0 Å². The second kappa shape index (κ2) is 9.49. The Balaban J connectivity index is 1.70. The third-order valence-electron chi connectivity index (χ3n) is 5.15. The van der Waals surface area contributed by atoms with Gasteiger partial charge in [-0.3, -0.25) is 14.4 Å². The first-order valence-electron chi connectivity index (χ1n) is 9.63. The van der Waals surface area contributed by atoms with E-state index in [0.717, 1.165) is 12.0 Å². The third-order valence-corrected chi connectivity index (χ3v) is 5.58. The van der Waals surface area contributed by atoms with Crippen LogP contribution in [0, 0.1) is 0 Å². The Hall–Kier alpha value is -2.57. The fraction of sp³-hybridized carbons (Fsp3) is 0.318. The van der Waals surface area contributed by atoms with Crippen molar-refractivity contribution in [3.8, 4) is 0 Å². The lowest BCUT2D eigenvalue weighted by Gasteiger charge is -2.28. The predicted molar refractivity (Wildman–Crippen MR) is 117 cm³/mol. The van der Waals surface area contributed by atoms with E-state index in [1.807, 2.05) is 12.1 Å². The summed E-state index contributed by atoms with van der Waals surface area (Å²) < 4.78 is 0. The van der Waals surface area contributed by atoms with E-state index < -0.39 is 6.04 Å². The maximum atomic E-state index is 13.1. The van der Waals surface area contributed by atoms with Crippen LogP contribution in [-0.4, -0.2) is 54.2 Å². The summed E-state index contributed by atoms with van der Waals surface area (Å²) in [6.07, 6.45) is 1.37. The number of amides is 3. The zero-order chi connectivity index (χ0) is 21.8. The molecule has 3 amide bonds. The molecule has 0 radical (unpaired) electrons. The maximum absolute atomic E-state index is 13.1. The smallest absolute Gasteiger partial charge is 0.254 e. The molecule has 6 nitrogen and oxygen atoms in total. The lowest BCUT2D eigenvalue weighted by Crippen LogP contribution is -2.46. The van der Waals surface area contributed by atoms with Crippen LogP contribution in [0.2, 0.25) is 10.0 Å². The highest BCUT2D eigenvalue weighted by Crippen LogP contribution is 2.25. The first-order chi connectivity index (χ1) is 14.3. The molecule has 8 heteroatoms. The molecule has 0 aliphatic carbocycles.